The Morgan fingerprint density at radius 3 is 2.62 bits per heavy atom. The number of rotatable bonds is 11. The SMILES string of the molecule is CCCCCCCCCOC1C(O)[C@H](n2ccc(N)nc2=O)O[C@@H]1CO. The third kappa shape index (κ3) is 5.51. The monoisotopic (exact) mass is 369 g/mol. The average Bonchev–Trinajstić information content (AvgIpc) is 2.93. The maximum absolute atomic E-state index is 12.0. The summed E-state index contributed by atoms with van der Waals surface area (Å²) in [5.74, 6) is 0.101. The van der Waals surface area contributed by atoms with Crippen molar-refractivity contribution in [2.75, 3.05) is 18.9 Å². The molecule has 0 aliphatic carbocycles. The molecule has 0 aromatic carbocycles. The summed E-state index contributed by atoms with van der Waals surface area (Å²) in [6.45, 7) is 2.38. The van der Waals surface area contributed by atoms with Crippen molar-refractivity contribution in [2.45, 2.75) is 76.4 Å². The molecule has 1 fully saturated rings. The van der Waals surface area contributed by atoms with Crippen LogP contribution in [0.2, 0.25) is 0 Å². The molecule has 2 rings (SSSR count). The number of hydrogen-bond acceptors (Lipinski definition) is 7. The van der Waals surface area contributed by atoms with E-state index >= 15 is 0 Å². The normalized spacial score (nSPS) is 25.7. The largest absolute Gasteiger partial charge is 0.394 e. The van der Waals surface area contributed by atoms with Gasteiger partial charge in [-0.3, -0.25) is 4.57 Å². The van der Waals surface area contributed by atoms with Crippen LogP contribution in [0.3, 0.4) is 0 Å². The maximum atomic E-state index is 12.0. The molecule has 2 unspecified atom stereocenters. The molecular formula is C18H31N3O5. The van der Waals surface area contributed by atoms with Crippen molar-refractivity contribution < 1.29 is 19.7 Å². The number of ether oxygens (including phenoxy) is 2. The smallest absolute Gasteiger partial charge is 0.351 e. The van der Waals surface area contributed by atoms with E-state index in [0.29, 0.717) is 6.61 Å². The Bertz CT molecular complexity index is 594. The molecule has 0 spiro atoms. The van der Waals surface area contributed by atoms with Gasteiger partial charge in [0.1, 0.15) is 24.1 Å². The fourth-order valence-corrected chi connectivity index (χ4v) is 3.20. The van der Waals surface area contributed by atoms with Gasteiger partial charge in [-0.15, -0.1) is 0 Å². The van der Waals surface area contributed by atoms with Crippen molar-refractivity contribution in [3.63, 3.8) is 0 Å². The highest BCUT2D eigenvalue weighted by Gasteiger charge is 2.45. The first-order chi connectivity index (χ1) is 12.6. The quantitative estimate of drug-likeness (QED) is 0.502. The lowest BCUT2D eigenvalue weighted by Crippen LogP contribution is -2.38. The van der Waals surface area contributed by atoms with Gasteiger partial charge in [0.25, 0.3) is 0 Å². The van der Waals surface area contributed by atoms with Gasteiger partial charge < -0.3 is 25.4 Å². The molecule has 8 heteroatoms. The lowest BCUT2D eigenvalue weighted by molar-refractivity contribution is -0.0625. The molecule has 4 atom stereocenters. The van der Waals surface area contributed by atoms with Crippen LogP contribution < -0.4 is 11.4 Å². The van der Waals surface area contributed by atoms with E-state index in [9.17, 15) is 15.0 Å². The lowest BCUT2D eigenvalue weighted by atomic mass is 10.1. The van der Waals surface area contributed by atoms with Crippen molar-refractivity contribution in [3.8, 4) is 0 Å². The van der Waals surface area contributed by atoms with E-state index in [1.54, 1.807) is 0 Å². The summed E-state index contributed by atoms with van der Waals surface area (Å²) in [6.07, 6.45) is 6.17. The third-order valence-electron chi connectivity index (χ3n) is 4.67. The molecule has 0 radical (unpaired) electrons. The van der Waals surface area contributed by atoms with Gasteiger partial charge in [-0.1, -0.05) is 45.4 Å². The molecule has 1 aromatic rings. The zero-order chi connectivity index (χ0) is 18.9. The second-order valence-corrected chi connectivity index (χ2v) is 6.74. The lowest BCUT2D eigenvalue weighted by Gasteiger charge is -2.20. The van der Waals surface area contributed by atoms with Crippen LogP contribution in [-0.2, 0) is 9.47 Å². The zero-order valence-electron chi connectivity index (χ0n) is 15.4. The summed E-state index contributed by atoms with van der Waals surface area (Å²) in [7, 11) is 0. The minimum Gasteiger partial charge on any atom is -0.394 e. The van der Waals surface area contributed by atoms with Gasteiger partial charge in [0.05, 0.1) is 6.61 Å². The molecule has 0 amide bonds. The number of aromatic nitrogens is 2. The fourth-order valence-electron chi connectivity index (χ4n) is 3.20. The second-order valence-electron chi connectivity index (χ2n) is 6.74. The Morgan fingerprint density at radius 1 is 1.27 bits per heavy atom. The second kappa shape index (κ2) is 10.6. The standard InChI is InChI=1S/C18H31N3O5/c1-2-3-4-5-6-7-8-11-25-16-13(12-22)26-17(15(16)23)21-10-9-14(19)20-18(21)24/h9-10,13,15-17,22-23H,2-8,11-12H2,1H3,(H2,19,20,24)/t13-,15?,16?,17-/m1/s1. The van der Waals surface area contributed by atoms with Gasteiger partial charge in [0, 0.05) is 12.8 Å². The summed E-state index contributed by atoms with van der Waals surface area (Å²) in [6, 6.07) is 1.46. The molecule has 1 aliphatic heterocycles. The van der Waals surface area contributed by atoms with Crippen LogP contribution in [0.15, 0.2) is 17.1 Å². The van der Waals surface area contributed by atoms with Crippen LogP contribution in [0, 0.1) is 0 Å². The number of aliphatic hydroxyl groups is 2. The van der Waals surface area contributed by atoms with Gasteiger partial charge in [0.2, 0.25) is 0 Å². The molecule has 1 aliphatic rings. The Balaban J connectivity index is 1.83. The molecule has 148 valence electrons. The van der Waals surface area contributed by atoms with Crippen molar-refractivity contribution in [2.24, 2.45) is 0 Å². The number of nitrogens with zero attached hydrogens (tertiary/aromatic N) is 2. The first-order valence-corrected chi connectivity index (χ1v) is 9.49. The van der Waals surface area contributed by atoms with E-state index in [1.807, 2.05) is 0 Å². The van der Waals surface area contributed by atoms with Crippen molar-refractivity contribution in [1.82, 2.24) is 9.55 Å². The average molecular weight is 369 g/mol. The first-order valence-electron chi connectivity index (χ1n) is 9.49. The van der Waals surface area contributed by atoms with Gasteiger partial charge in [-0.25, -0.2) is 4.79 Å². The third-order valence-corrected chi connectivity index (χ3v) is 4.67. The highest BCUT2D eigenvalue weighted by atomic mass is 16.6. The minimum absolute atomic E-state index is 0.101. The number of aliphatic hydroxyl groups excluding tert-OH is 2. The number of nitrogen functional groups attached to an aromatic ring is 1. The van der Waals surface area contributed by atoms with Crippen LogP contribution in [0.4, 0.5) is 5.82 Å². The van der Waals surface area contributed by atoms with Gasteiger partial charge in [-0.2, -0.15) is 4.98 Å². The predicted molar refractivity (Wildman–Crippen MR) is 97.6 cm³/mol. The topological polar surface area (TPSA) is 120 Å². The Labute approximate surface area is 154 Å². The highest BCUT2D eigenvalue weighted by molar-refractivity contribution is 5.23. The molecule has 26 heavy (non-hydrogen) atoms. The van der Waals surface area contributed by atoms with E-state index in [-0.39, 0.29) is 12.4 Å². The van der Waals surface area contributed by atoms with Crippen LogP contribution in [0.5, 0.6) is 0 Å². The number of anilines is 1. The molecule has 1 saturated heterocycles. The Morgan fingerprint density at radius 2 is 1.96 bits per heavy atom. The van der Waals surface area contributed by atoms with E-state index in [4.69, 9.17) is 15.2 Å². The maximum Gasteiger partial charge on any atom is 0.351 e. The molecule has 0 saturated carbocycles. The van der Waals surface area contributed by atoms with Crippen LogP contribution in [0.25, 0.3) is 0 Å². The highest BCUT2D eigenvalue weighted by Crippen LogP contribution is 2.30. The van der Waals surface area contributed by atoms with Crippen LogP contribution in [0.1, 0.15) is 58.1 Å². The van der Waals surface area contributed by atoms with Crippen molar-refractivity contribution in [1.29, 1.82) is 0 Å². The van der Waals surface area contributed by atoms with Crippen LogP contribution >= 0.6 is 0 Å². The Hall–Kier alpha value is -1.48. The summed E-state index contributed by atoms with van der Waals surface area (Å²) >= 11 is 0. The molecule has 0 bridgehead atoms. The number of hydrogen-bond donors (Lipinski definition) is 3. The zero-order valence-corrected chi connectivity index (χ0v) is 15.4. The molecule has 8 nitrogen and oxygen atoms in total. The van der Waals surface area contributed by atoms with E-state index in [1.165, 1.54) is 48.9 Å². The fraction of sp³-hybridized carbons (Fsp3) is 0.778. The Kier molecular flexibility index (Phi) is 8.50. The molecule has 2 heterocycles. The predicted octanol–water partition coefficient (Wildman–Crippen LogP) is 1.21. The summed E-state index contributed by atoms with van der Waals surface area (Å²) in [5, 5.41) is 20.0. The number of unbranched alkanes of at least 4 members (excludes halogenated alkanes) is 6. The minimum atomic E-state index is -1.07. The van der Waals surface area contributed by atoms with Crippen molar-refractivity contribution >= 4 is 5.82 Å². The van der Waals surface area contributed by atoms with E-state index in [0.717, 1.165) is 12.8 Å². The summed E-state index contributed by atoms with van der Waals surface area (Å²) in [5.41, 5.74) is 4.87. The molecule has 4 N–H and O–H groups in total. The van der Waals surface area contributed by atoms with Gasteiger partial charge >= 0.3 is 5.69 Å². The van der Waals surface area contributed by atoms with E-state index in [2.05, 4.69) is 11.9 Å². The van der Waals surface area contributed by atoms with Gasteiger partial charge in [-0.05, 0) is 12.5 Å². The molecular weight excluding hydrogens is 338 g/mol. The van der Waals surface area contributed by atoms with Crippen molar-refractivity contribution in [3.05, 3.63) is 22.7 Å². The van der Waals surface area contributed by atoms with Crippen LogP contribution in [-0.4, -0.2) is 51.3 Å². The van der Waals surface area contributed by atoms with Gasteiger partial charge in [0.15, 0.2) is 6.23 Å². The summed E-state index contributed by atoms with van der Waals surface area (Å²) in [4.78, 5) is 15.6. The first kappa shape index (κ1) is 20.8. The van der Waals surface area contributed by atoms with E-state index < -0.39 is 30.2 Å². The summed E-state index contributed by atoms with van der Waals surface area (Å²) < 4.78 is 12.6. The molecule has 1 aromatic heterocycles. The number of nitrogens with two attached hydrogens (primary N) is 1.